The Balaban J connectivity index is 1.66. The fourth-order valence-corrected chi connectivity index (χ4v) is 4.35. The third-order valence-electron chi connectivity index (χ3n) is 5.79. The second kappa shape index (κ2) is 8.32. The number of rotatable bonds is 7. The Bertz CT molecular complexity index is 926. The van der Waals surface area contributed by atoms with E-state index < -0.39 is 17.6 Å². The van der Waals surface area contributed by atoms with E-state index in [0.717, 1.165) is 16.9 Å². The largest absolute Gasteiger partial charge is 0.497 e. The number of hydrogen-bond donors (Lipinski definition) is 0. The van der Waals surface area contributed by atoms with Gasteiger partial charge in [-0.25, -0.2) is 0 Å². The van der Waals surface area contributed by atoms with Crippen LogP contribution in [0.25, 0.3) is 0 Å². The second-order valence-electron chi connectivity index (χ2n) is 7.66. The van der Waals surface area contributed by atoms with Gasteiger partial charge in [-0.1, -0.05) is 55.1 Å². The zero-order valence-electron chi connectivity index (χ0n) is 17.0. The molecule has 0 N–H and O–H groups in total. The molecule has 0 saturated carbocycles. The lowest BCUT2D eigenvalue weighted by Crippen LogP contribution is -2.44. The number of hydrogen-bond acceptors (Lipinski definition) is 5. The zero-order chi connectivity index (χ0) is 21.1. The molecule has 2 aromatic carbocycles. The lowest BCUT2D eigenvalue weighted by atomic mass is 9.78. The Labute approximate surface area is 176 Å². The SMILES string of the molecule is C=CCOC(=O)[C@@]1(Cc2ccccc2)C[C@H]2CO[C@H](c3ccc(OC)cc3)N2C1=O. The van der Waals surface area contributed by atoms with E-state index in [2.05, 4.69) is 6.58 Å². The van der Waals surface area contributed by atoms with Crippen LogP contribution in [0, 0.1) is 5.41 Å². The van der Waals surface area contributed by atoms with Gasteiger partial charge in [-0.2, -0.15) is 0 Å². The first-order valence-electron chi connectivity index (χ1n) is 9.99. The molecule has 0 aromatic heterocycles. The number of amides is 1. The highest BCUT2D eigenvalue weighted by Crippen LogP contribution is 2.48. The van der Waals surface area contributed by atoms with Crippen molar-refractivity contribution in [3.05, 3.63) is 78.4 Å². The predicted molar refractivity (Wildman–Crippen MR) is 111 cm³/mol. The molecule has 4 rings (SSSR count). The van der Waals surface area contributed by atoms with Gasteiger partial charge >= 0.3 is 5.97 Å². The van der Waals surface area contributed by atoms with Gasteiger partial charge in [-0.3, -0.25) is 9.59 Å². The van der Waals surface area contributed by atoms with Gasteiger partial charge in [0.2, 0.25) is 5.91 Å². The minimum Gasteiger partial charge on any atom is -0.497 e. The first kappa shape index (κ1) is 20.2. The summed E-state index contributed by atoms with van der Waals surface area (Å²) >= 11 is 0. The molecule has 2 aliphatic rings. The molecule has 0 unspecified atom stereocenters. The van der Waals surface area contributed by atoms with Gasteiger partial charge in [0.05, 0.1) is 19.8 Å². The summed E-state index contributed by atoms with van der Waals surface area (Å²) < 4.78 is 16.6. The molecule has 1 amide bonds. The number of methoxy groups -OCH3 is 1. The maximum Gasteiger partial charge on any atom is 0.322 e. The summed E-state index contributed by atoms with van der Waals surface area (Å²) in [5.41, 5.74) is 0.509. The lowest BCUT2D eigenvalue weighted by Gasteiger charge is -2.28. The smallest absolute Gasteiger partial charge is 0.322 e. The van der Waals surface area contributed by atoms with Gasteiger partial charge in [0.25, 0.3) is 0 Å². The molecule has 156 valence electrons. The first-order chi connectivity index (χ1) is 14.6. The van der Waals surface area contributed by atoms with E-state index >= 15 is 0 Å². The summed E-state index contributed by atoms with van der Waals surface area (Å²) in [6.45, 7) is 4.06. The summed E-state index contributed by atoms with van der Waals surface area (Å²) in [4.78, 5) is 28.6. The van der Waals surface area contributed by atoms with Gasteiger partial charge in [-0.05, 0) is 30.5 Å². The van der Waals surface area contributed by atoms with Crippen LogP contribution >= 0.6 is 0 Å². The fraction of sp³-hybridized carbons (Fsp3) is 0.333. The average Bonchev–Trinajstić information content (AvgIpc) is 3.31. The second-order valence-corrected chi connectivity index (χ2v) is 7.66. The number of benzene rings is 2. The van der Waals surface area contributed by atoms with Crippen LogP contribution in [0.3, 0.4) is 0 Å². The molecular weight excluding hydrogens is 382 g/mol. The Morgan fingerprint density at radius 2 is 1.97 bits per heavy atom. The van der Waals surface area contributed by atoms with Crippen molar-refractivity contribution in [1.29, 1.82) is 0 Å². The van der Waals surface area contributed by atoms with Crippen molar-refractivity contribution < 1.29 is 23.8 Å². The van der Waals surface area contributed by atoms with E-state index in [1.165, 1.54) is 6.08 Å². The van der Waals surface area contributed by atoms with Crippen molar-refractivity contribution in [2.24, 2.45) is 5.41 Å². The van der Waals surface area contributed by atoms with Crippen molar-refractivity contribution in [3.8, 4) is 5.75 Å². The molecule has 2 aliphatic heterocycles. The van der Waals surface area contributed by atoms with E-state index in [9.17, 15) is 9.59 Å². The van der Waals surface area contributed by atoms with E-state index in [4.69, 9.17) is 14.2 Å². The van der Waals surface area contributed by atoms with Crippen LogP contribution in [0.2, 0.25) is 0 Å². The van der Waals surface area contributed by atoms with Crippen molar-refractivity contribution in [2.75, 3.05) is 20.3 Å². The number of carbonyl (C=O) groups excluding carboxylic acids is 2. The summed E-state index contributed by atoms with van der Waals surface area (Å²) in [5.74, 6) is -0.0182. The predicted octanol–water partition coefficient (Wildman–Crippen LogP) is 3.28. The Morgan fingerprint density at radius 1 is 1.23 bits per heavy atom. The molecule has 0 radical (unpaired) electrons. The Kier molecular flexibility index (Phi) is 5.59. The number of carbonyl (C=O) groups is 2. The highest BCUT2D eigenvalue weighted by Gasteiger charge is 2.61. The molecule has 30 heavy (non-hydrogen) atoms. The monoisotopic (exact) mass is 407 g/mol. The van der Waals surface area contributed by atoms with E-state index in [1.54, 1.807) is 12.0 Å². The van der Waals surface area contributed by atoms with Crippen molar-refractivity contribution in [2.45, 2.75) is 25.1 Å². The molecule has 0 bridgehead atoms. The molecular formula is C24H25NO5. The topological polar surface area (TPSA) is 65.1 Å². The number of ether oxygens (including phenoxy) is 3. The number of nitrogens with zero attached hydrogens (tertiary/aromatic N) is 1. The van der Waals surface area contributed by atoms with E-state index in [0.29, 0.717) is 19.4 Å². The van der Waals surface area contributed by atoms with Crippen LogP contribution in [0.5, 0.6) is 5.75 Å². The van der Waals surface area contributed by atoms with Gasteiger partial charge in [0.1, 0.15) is 12.4 Å². The first-order valence-corrected chi connectivity index (χ1v) is 9.99. The van der Waals surface area contributed by atoms with Crippen molar-refractivity contribution >= 4 is 11.9 Å². The normalized spacial score (nSPS) is 25.1. The number of fused-ring (bicyclic) bond motifs is 1. The molecule has 2 fully saturated rings. The summed E-state index contributed by atoms with van der Waals surface area (Å²) in [6.07, 6.45) is 1.64. The average molecular weight is 407 g/mol. The molecule has 3 atom stereocenters. The maximum atomic E-state index is 13.7. The standard InChI is InChI=1S/C24H25NO5/c1-3-13-29-23(27)24(14-17-7-5-4-6-8-17)15-19-16-30-21(25(19)22(24)26)18-9-11-20(28-2)12-10-18/h3-12,19,21H,1,13-16H2,2H3/t19-,21+,24-/m0/s1. The summed E-state index contributed by atoms with van der Waals surface area (Å²) in [5, 5.41) is 0. The molecule has 0 spiro atoms. The van der Waals surface area contributed by atoms with Gasteiger partial charge in [0, 0.05) is 5.56 Å². The van der Waals surface area contributed by atoms with Crippen LogP contribution in [-0.4, -0.2) is 43.1 Å². The lowest BCUT2D eigenvalue weighted by molar-refractivity contribution is -0.162. The van der Waals surface area contributed by atoms with Gasteiger partial charge < -0.3 is 19.1 Å². The van der Waals surface area contributed by atoms with Crippen LogP contribution in [0.15, 0.2) is 67.3 Å². The number of esters is 1. The van der Waals surface area contributed by atoms with E-state index in [1.807, 2.05) is 54.6 Å². The zero-order valence-corrected chi connectivity index (χ0v) is 17.0. The molecule has 2 aromatic rings. The Hall–Kier alpha value is -3.12. The van der Waals surface area contributed by atoms with Crippen LogP contribution < -0.4 is 4.74 Å². The van der Waals surface area contributed by atoms with Crippen molar-refractivity contribution in [1.82, 2.24) is 4.90 Å². The highest BCUT2D eigenvalue weighted by molar-refractivity contribution is 6.05. The molecule has 6 heteroatoms. The molecule has 6 nitrogen and oxygen atoms in total. The summed E-state index contributed by atoms with van der Waals surface area (Å²) in [6, 6.07) is 16.8. The van der Waals surface area contributed by atoms with Crippen molar-refractivity contribution in [3.63, 3.8) is 0 Å². The summed E-state index contributed by atoms with van der Waals surface area (Å²) in [7, 11) is 1.61. The van der Waals surface area contributed by atoms with Gasteiger partial charge in [0.15, 0.2) is 11.6 Å². The van der Waals surface area contributed by atoms with E-state index in [-0.39, 0.29) is 18.6 Å². The molecule has 2 heterocycles. The van der Waals surface area contributed by atoms with Crippen LogP contribution in [0.4, 0.5) is 0 Å². The minimum absolute atomic E-state index is 0.0751. The fourth-order valence-electron chi connectivity index (χ4n) is 4.35. The van der Waals surface area contributed by atoms with Gasteiger partial charge in [-0.15, -0.1) is 0 Å². The third-order valence-corrected chi connectivity index (χ3v) is 5.79. The van der Waals surface area contributed by atoms with Crippen LogP contribution in [-0.2, 0) is 25.5 Å². The quantitative estimate of drug-likeness (QED) is 0.400. The molecule has 0 aliphatic carbocycles. The highest BCUT2D eigenvalue weighted by atomic mass is 16.5. The molecule has 2 saturated heterocycles. The van der Waals surface area contributed by atoms with Crippen LogP contribution in [0.1, 0.15) is 23.8 Å². The third kappa shape index (κ3) is 3.48. The Morgan fingerprint density at radius 3 is 2.63 bits per heavy atom. The minimum atomic E-state index is -1.26. The maximum absolute atomic E-state index is 13.7.